The molecule has 2 aliphatic heterocycles. The Morgan fingerprint density at radius 3 is 2.64 bits per heavy atom. The molecule has 1 aromatic heterocycles. The summed E-state index contributed by atoms with van der Waals surface area (Å²) in [4.78, 5) is 25.6. The summed E-state index contributed by atoms with van der Waals surface area (Å²) in [5.74, 6) is 0.708. The first-order valence-corrected chi connectivity index (χ1v) is 7.97. The zero-order valence-electron chi connectivity index (χ0n) is 12.8. The van der Waals surface area contributed by atoms with Crippen LogP contribution in [0.25, 0.3) is 0 Å². The lowest BCUT2D eigenvalue weighted by molar-refractivity contribution is 0.0790. The van der Waals surface area contributed by atoms with E-state index < -0.39 is 0 Å². The monoisotopic (exact) mass is 305 g/mol. The van der Waals surface area contributed by atoms with Crippen molar-refractivity contribution in [3.05, 3.63) is 17.5 Å². The van der Waals surface area contributed by atoms with Crippen LogP contribution in [0.2, 0.25) is 0 Å². The molecule has 7 nitrogen and oxygen atoms in total. The van der Waals surface area contributed by atoms with Gasteiger partial charge in [-0.05, 0) is 19.4 Å². The number of nitrogens with zero attached hydrogens (tertiary/aromatic N) is 4. The highest BCUT2D eigenvalue weighted by Crippen LogP contribution is 2.18. The lowest BCUT2D eigenvalue weighted by Crippen LogP contribution is -2.38. The topological polar surface area (TPSA) is 84.6 Å². The standard InChI is InChI=1S/C15H23N5O2/c16-4-3-13-12(14(21)19-5-1-2-6-19)11-17-15(18-13)20-7-9-22-10-8-20/h11H,1-10,16H2. The number of ether oxygens (including phenoxy) is 1. The maximum Gasteiger partial charge on any atom is 0.257 e. The fourth-order valence-electron chi connectivity index (χ4n) is 2.92. The Morgan fingerprint density at radius 1 is 1.23 bits per heavy atom. The molecule has 1 aromatic rings. The zero-order chi connectivity index (χ0) is 15.4. The lowest BCUT2D eigenvalue weighted by atomic mass is 10.1. The predicted molar refractivity (Wildman–Crippen MR) is 83.0 cm³/mol. The third-order valence-corrected chi connectivity index (χ3v) is 4.15. The minimum Gasteiger partial charge on any atom is -0.378 e. The highest BCUT2D eigenvalue weighted by molar-refractivity contribution is 5.95. The van der Waals surface area contributed by atoms with Gasteiger partial charge in [0.2, 0.25) is 5.95 Å². The molecule has 0 saturated carbocycles. The Labute approximate surface area is 130 Å². The van der Waals surface area contributed by atoms with Gasteiger partial charge in [0, 0.05) is 38.8 Å². The summed E-state index contributed by atoms with van der Waals surface area (Å²) in [5.41, 5.74) is 7.05. The smallest absolute Gasteiger partial charge is 0.257 e. The normalized spacial score (nSPS) is 18.8. The molecule has 3 rings (SSSR count). The van der Waals surface area contributed by atoms with E-state index in [4.69, 9.17) is 10.5 Å². The van der Waals surface area contributed by atoms with Crippen LogP contribution in [0.15, 0.2) is 6.20 Å². The van der Waals surface area contributed by atoms with E-state index in [9.17, 15) is 4.79 Å². The van der Waals surface area contributed by atoms with Gasteiger partial charge in [-0.1, -0.05) is 0 Å². The molecule has 0 aromatic carbocycles. The first-order chi connectivity index (χ1) is 10.8. The molecule has 2 fully saturated rings. The van der Waals surface area contributed by atoms with Crippen molar-refractivity contribution in [3.8, 4) is 0 Å². The van der Waals surface area contributed by atoms with E-state index in [0.29, 0.717) is 37.7 Å². The minimum absolute atomic E-state index is 0.0366. The number of hydrogen-bond acceptors (Lipinski definition) is 6. The van der Waals surface area contributed by atoms with E-state index in [0.717, 1.165) is 44.7 Å². The number of likely N-dealkylation sites (tertiary alicyclic amines) is 1. The SMILES string of the molecule is NCCc1nc(N2CCOCC2)ncc1C(=O)N1CCCC1. The first-order valence-electron chi connectivity index (χ1n) is 7.97. The van der Waals surface area contributed by atoms with Crippen LogP contribution in [-0.4, -0.2) is 66.7 Å². The summed E-state index contributed by atoms with van der Waals surface area (Å²) in [6.45, 7) is 5.05. The number of morpholine rings is 1. The average molecular weight is 305 g/mol. The van der Waals surface area contributed by atoms with Gasteiger partial charge in [0.05, 0.1) is 24.5 Å². The van der Waals surface area contributed by atoms with Gasteiger partial charge in [0.25, 0.3) is 5.91 Å². The van der Waals surface area contributed by atoms with Crippen LogP contribution in [0.4, 0.5) is 5.95 Å². The van der Waals surface area contributed by atoms with Gasteiger partial charge < -0.3 is 20.3 Å². The summed E-state index contributed by atoms with van der Waals surface area (Å²) in [6.07, 6.45) is 4.41. The molecule has 0 unspecified atom stereocenters. The summed E-state index contributed by atoms with van der Waals surface area (Å²) >= 11 is 0. The molecule has 120 valence electrons. The van der Waals surface area contributed by atoms with Crippen molar-refractivity contribution in [3.63, 3.8) is 0 Å². The largest absolute Gasteiger partial charge is 0.378 e. The van der Waals surface area contributed by atoms with Crippen LogP contribution in [0.5, 0.6) is 0 Å². The van der Waals surface area contributed by atoms with Crippen molar-refractivity contribution in [2.45, 2.75) is 19.3 Å². The molecule has 0 atom stereocenters. The van der Waals surface area contributed by atoms with Gasteiger partial charge in [-0.2, -0.15) is 0 Å². The van der Waals surface area contributed by atoms with Gasteiger partial charge >= 0.3 is 0 Å². The van der Waals surface area contributed by atoms with Gasteiger partial charge in [0.1, 0.15) is 0 Å². The Hall–Kier alpha value is -1.73. The van der Waals surface area contributed by atoms with Crippen LogP contribution in [0.3, 0.4) is 0 Å². The molecule has 0 aliphatic carbocycles. The molecule has 2 aliphatic rings. The van der Waals surface area contributed by atoms with Crippen molar-refractivity contribution in [2.24, 2.45) is 5.73 Å². The van der Waals surface area contributed by atoms with E-state index >= 15 is 0 Å². The second kappa shape index (κ2) is 7.02. The van der Waals surface area contributed by atoms with Crippen molar-refractivity contribution in [1.29, 1.82) is 0 Å². The third-order valence-electron chi connectivity index (χ3n) is 4.15. The van der Waals surface area contributed by atoms with E-state index in [-0.39, 0.29) is 5.91 Å². The van der Waals surface area contributed by atoms with Crippen LogP contribution in [-0.2, 0) is 11.2 Å². The number of amides is 1. The van der Waals surface area contributed by atoms with E-state index in [1.54, 1.807) is 6.20 Å². The molecule has 1 amide bonds. The lowest BCUT2D eigenvalue weighted by Gasteiger charge is -2.27. The molecular formula is C15H23N5O2. The molecule has 2 saturated heterocycles. The fourth-order valence-corrected chi connectivity index (χ4v) is 2.92. The molecule has 22 heavy (non-hydrogen) atoms. The number of hydrogen-bond donors (Lipinski definition) is 1. The highest BCUT2D eigenvalue weighted by atomic mass is 16.5. The number of aromatic nitrogens is 2. The molecule has 0 radical (unpaired) electrons. The number of rotatable bonds is 4. The second-order valence-electron chi connectivity index (χ2n) is 5.67. The first kappa shape index (κ1) is 15.2. The van der Waals surface area contributed by atoms with Crippen molar-refractivity contribution in [2.75, 3.05) is 50.8 Å². The summed E-state index contributed by atoms with van der Waals surface area (Å²) in [6, 6.07) is 0. The fraction of sp³-hybridized carbons (Fsp3) is 0.667. The van der Waals surface area contributed by atoms with E-state index in [1.165, 1.54) is 0 Å². The van der Waals surface area contributed by atoms with Gasteiger partial charge in [0.15, 0.2) is 0 Å². The molecule has 0 spiro atoms. The van der Waals surface area contributed by atoms with E-state index in [1.807, 2.05) is 4.90 Å². The number of nitrogens with two attached hydrogens (primary N) is 1. The second-order valence-corrected chi connectivity index (χ2v) is 5.67. The maximum absolute atomic E-state index is 12.6. The molecule has 3 heterocycles. The van der Waals surface area contributed by atoms with Crippen molar-refractivity contribution in [1.82, 2.24) is 14.9 Å². The molecule has 2 N–H and O–H groups in total. The van der Waals surface area contributed by atoms with Gasteiger partial charge in [-0.25, -0.2) is 9.97 Å². The van der Waals surface area contributed by atoms with E-state index in [2.05, 4.69) is 14.9 Å². The minimum atomic E-state index is 0.0366. The molecular weight excluding hydrogens is 282 g/mol. The highest BCUT2D eigenvalue weighted by Gasteiger charge is 2.24. The number of carbonyl (C=O) groups excluding carboxylic acids is 1. The van der Waals surface area contributed by atoms with Crippen LogP contribution in [0.1, 0.15) is 28.9 Å². The quantitative estimate of drug-likeness (QED) is 0.846. The summed E-state index contributed by atoms with van der Waals surface area (Å²) in [5, 5.41) is 0. The van der Waals surface area contributed by atoms with Crippen LogP contribution >= 0.6 is 0 Å². The number of anilines is 1. The Balaban J connectivity index is 1.84. The van der Waals surface area contributed by atoms with Crippen LogP contribution < -0.4 is 10.6 Å². The maximum atomic E-state index is 12.6. The Kier molecular flexibility index (Phi) is 4.84. The predicted octanol–water partition coefficient (Wildman–Crippen LogP) is 0.0504. The van der Waals surface area contributed by atoms with Crippen molar-refractivity contribution >= 4 is 11.9 Å². The van der Waals surface area contributed by atoms with Crippen molar-refractivity contribution < 1.29 is 9.53 Å². The Bertz CT molecular complexity index is 525. The summed E-state index contributed by atoms with van der Waals surface area (Å²) in [7, 11) is 0. The molecule has 0 bridgehead atoms. The third kappa shape index (κ3) is 3.20. The van der Waals surface area contributed by atoms with Gasteiger partial charge in [-0.3, -0.25) is 4.79 Å². The summed E-state index contributed by atoms with van der Waals surface area (Å²) < 4.78 is 5.35. The average Bonchev–Trinajstić information content (AvgIpc) is 3.10. The Morgan fingerprint density at radius 2 is 1.95 bits per heavy atom. The van der Waals surface area contributed by atoms with Gasteiger partial charge in [-0.15, -0.1) is 0 Å². The zero-order valence-corrected chi connectivity index (χ0v) is 12.8. The number of carbonyl (C=O) groups is 1. The van der Waals surface area contributed by atoms with Crippen LogP contribution in [0, 0.1) is 0 Å². The molecule has 7 heteroatoms.